The third-order valence-corrected chi connectivity index (χ3v) is 4.55. The van der Waals surface area contributed by atoms with Gasteiger partial charge in [0.25, 0.3) is 0 Å². The van der Waals surface area contributed by atoms with E-state index in [1.54, 1.807) is 6.26 Å². The molecule has 2 aromatic carbocycles. The van der Waals surface area contributed by atoms with E-state index in [1.807, 2.05) is 18.2 Å². The van der Waals surface area contributed by atoms with Crippen molar-refractivity contribution in [3.05, 3.63) is 88.8 Å². The Balaban J connectivity index is 1.75. The maximum atomic E-state index is 6.01. The number of anilines is 1. The van der Waals surface area contributed by atoms with Crippen molar-refractivity contribution in [3.8, 4) is 0 Å². The van der Waals surface area contributed by atoms with Crippen LogP contribution < -0.4 is 5.32 Å². The smallest absolute Gasteiger partial charge is 0.111 e. The van der Waals surface area contributed by atoms with Gasteiger partial charge >= 0.3 is 0 Å². The Morgan fingerprint density at radius 2 is 1.77 bits per heavy atom. The average molecular weight is 310 g/mol. The molecule has 0 spiro atoms. The molecule has 2 nitrogen and oxygen atoms in total. The molecule has 0 saturated heterocycles. The molecular formula is C19H16ClNO. The number of nitrogens with one attached hydrogen (secondary N) is 1. The molecule has 0 bridgehead atoms. The first-order chi connectivity index (χ1) is 10.8. The zero-order chi connectivity index (χ0) is 14.9. The molecule has 0 radical (unpaired) electrons. The van der Waals surface area contributed by atoms with Gasteiger partial charge < -0.3 is 9.73 Å². The lowest BCUT2D eigenvalue weighted by molar-refractivity contribution is 0.455. The van der Waals surface area contributed by atoms with Gasteiger partial charge in [-0.3, -0.25) is 0 Å². The van der Waals surface area contributed by atoms with E-state index in [4.69, 9.17) is 16.0 Å². The Kier molecular flexibility index (Phi) is 3.39. The molecule has 2 atom stereocenters. The van der Waals surface area contributed by atoms with Crippen LogP contribution in [0.3, 0.4) is 0 Å². The zero-order valence-corrected chi connectivity index (χ0v) is 12.8. The van der Waals surface area contributed by atoms with Gasteiger partial charge in [-0.05, 0) is 47.9 Å². The first-order valence-corrected chi connectivity index (χ1v) is 7.83. The SMILES string of the molecule is Clc1ccc([C@H]2C[C@H](c3ccco3)c3ccccc3N2)cc1. The molecule has 1 aromatic heterocycles. The molecule has 1 N–H and O–H groups in total. The predicted molar refractivity (Wildman–Crippen MR) is 89.4 cm³/mol. The first-order valence-electron chi connectivity index (χ1n) is 7.45. The summed E-state index contributed by atoms with van der Waals surface area (Å²) < 4.78 is 5.68. The zero-order valence-electron chi connectivity index (χ0n) is 12.0. The minimum atomic E-state index is 0.252. The number of hydrogen-bond acceptors (Lipinski definition) is 2. The lowest BCUT2D eigenvalue weighted by Gasteiger charge is -2.32. The van der Waals surface area contributed by atoms with Gasteiger partial charge in [-0.15, -0.1) is 0 Å². The summed E-state index contributed by atoms with van der Waals surface area (Å²) in [4.78, 5) is 0. The lowest BCUT2D eigenvalue weighted by atomic mass is 9.83. The quantitative estimate of drug-likeness (QED) is 0.664. The van der Waals surface area contributed by atoms with Gasteiger partial charge in [-0.1, -0.05) is 41.9 Å². The molecule has 1 aliphatic rings. The standard InChI is InChI=1S/C19H16ClNO/c20-14-9-7-13(8-10-14)18-12-16(19-6-3-11-22-19)15-4-1-2-5-17(15)21-18/h1-11,16,18,21H,12H2/t16-,18+/m0/s1. The molecule has 3 aromatic rings. The third-order valence-electron chi connectivity index (χ3n) is 4.30. The molecule has 4 rings (SSSR count). The molecular weight excluding hydrogens is 294 g/mol. The maximum Gasteiger partial charge on any atom is 0.111 e. The minimum absolute atomic E-state index is 0.252. The Bertz CT molecular complexity index is 764. The fourth-order valence-corrected chi connectivity index (χ4v) is 3.34. The highest BCUT2D eigenvalue weighted by Crippen LogP contribution is 2.43. The average Bonchev–Trinajstić information content (AvgIpc) is 3.09. The highest BCUT2D eigenvalue weighted by molar-refractivity contribution is 6.30. The van der Waals surface area contributed by atoms with E-state index in [-0.39, 0.29) is 12.0 Å². The summed E-state index contributed by atoms with van der Waals surface area (Å²) in [6.45, 7) is 0. The largest absolute Gasteiger partial charge is 0.469 e. The van der Waals surface area contributed by atoms with Gasteiger partial charge in [0, 0.05) is 16.6 Å². The second-order valence-corrected chi connectivity index (χ2v) is 6.08. The summed E-state index contributed by atoms with van der Waals surface area (Å²) in [7, 11) is 0. The van der Waals surface area contributed by atoms with Crippen molar-refractivity contribution < 1.29 is 4.42 Å². The van der Waals surface area contributed by atoms with E-state index in [2.05, 4.69) is 47.8 Å². The molecule has 1 aliphatic heterocycles. The van der Waals surface area contributed by atoms with Crippen LogP contribution in [0.4, 0.5) is 5.69 Å². The lowest BCUT2D eigenvalue weighted by Crippen LogP contribution is -2.22. The highest BCUT2D eigenvalue weighted by atomic mass is 35.5. The number of rotatable bonds is 2. The summed E-state index contributed by atoms with van der Waals surface area (Å²) >= 11 is 6.01. The topological polar surface area (TPSA) is 25.2 Å². The number of para-hydroxylation sites is 1. The van der Waals surface area contributed by atoms with Gasteiger partial charge in [0.1, 0.15) is 5.76 Å². The van der Waals surface area contributed by atoms with E-state index in [9.17, 15) is 0 Å². The maximum absolute atomic E-state index is 6.01. The van der Waals surface area contributed by atoms with Crippen LogP contribution in [0, 0.1) is 0 Å². The molecule has 0 aliphatic carbocycles. The molecule has 3 heteroatoms. The Hall–Kier alpha value is -2.19. The second-order valence-electron chi connectivity index (χ2n) is 5.64. The third kappa shape index (κ3) is 2.40. The molecule has 2 heterocycles. The summed E-state index contributed by atoms with van der Waals surface area (Å²) in [5, 5.41) is 4.41. The van der Waals surface area contributed by atoms with Crippen molar-refractivity contribution >= 4 is 17.3 Å². The van der Waals surface area contributed by atoms with Gasteiger partial charge in [-0.2, -0.15) is 0 Å². The van der Waals surface area contributed by atoms with E-state index in [1.165, 1.54) is 16.8 Å². The summed E-state index contributed by atoms with van der Waals surface area (Å²) in [5.74, 6) is 1.29. The summed E-state index contributed by atoms with van der Waals surface area (Å²) in [6, 6.07) is 20.8. The highest BCUT2D eigenvalue weighted by Gasteiger charge is 2.29. The second kappa shape index (κ2) is 5.54. The monoisotopic (exact) mass is 309 g/mol. The number of hydrogen-bond donors (Lipinski definition) is 1. The van der Waals surface area contributed by atoms with Gasteiger partial charge in [-0.25, -0.2) is 0 Å². The fraction of sp³-hybridized carbons (Fsp3) is 0.158. The number of fused-ring (bicyclic) bond motifs is 1. The normalized spacial score (nSPS) is 20.2. The molecule has 110 valence electrons. The van der Waals surface area contributed by atoms with E-state index in [0.29, 0.717) is 0 Å². The van der Waals surface area contributed by atoms with E-state index in [0.717, 1.165) is 17.2 Å². The van der Waals surface area contributed by atoms with E-state index < -0.39 is 0 Å². The Morgan fingerprint density at radius 3 is 2.55 bits per heavy atom. The Morgan fingerprint density at radius 1 is 0.955 bits per heavy atom. The summed E-state index contributed by atoms with van der Waals surface area (Å²) in [5.41, 5.74) is 3.72. The predicted octanol–water partition coefficient (Wildman–Crippen LogP) is 5.62. The van der Waals surface area contributed by atoms with Crippen LogP contribution in [0.1, 0.15) is 35.3 Å². The van der Waals surface area contributed by atoms with Gasteiger partial charge in [0.2, 0.25) is 0 Å². The van der Waals surface area contributed by atoms with Crippen LogP contribution >= 0.6 is 11.6 Å². The minimum Gasteiger partial charge on any atom is -0.469 e. The molecule has 0 saturated carbocycles. The fourth-order valence-electron chi connectivity index (χ4n) is 3.22. The molecule has 0 unspecified atom stereocenters. The van der Waals surface area contributed by atoms with Gasteiger partial charge in [0.15, 0.2) is 0 Å². The van der Waals surface area contributed by atoms with Crippen LogP contribution in [0.5, 0.6) is 0 Å². The molecule has 22 heavy (non-hydrogen) atoms. The van der Waals surface area contributed by atoms with Crippen LogP contribution in [0.15, 0.2) is 71.3 Å². The summed E-state index contributed by atoms with van der Waals surface area (Å²) in [6.07, 6.45) is 2.71. The van der Waals surface area contributed by atoms with Crippen molar-refractivity contribution in [1.29, 1.82) is 0 Å². The van der Waals surface area contributed by atoms with Crippen molar-refractivity contribution in [2.75, 3.05) is 5.32 Å². The number of furan rings is 1. The number of benzene rings is 2. The van der Waals surface area contributed by atoms with E-state index >= 15 is 0 Å². The van der Waals surface area contributed by atoms with Crippen LogP contribution in [0.2, 0.25) is 5.02 Å². The van der Waals surface area contributed by atoms with Crippen LogP contribution in [-0.2, 0) is 0 Å². The molecule has 0 amide bonds. The Labute approximate surface area is 134 Å². The van der Waals surface area contributed by atoms with Crippen LogP contribution in [0.25, 0.3) is 0 Å². The number of halogens is 1. The van der Waals surface area contributed by atoms with Crippen molar-refractivity contribution in [1.82, 2.24) is 0 Å². The van der Waals surface area contributed by atoms with Crippen molar-refractivity contribution in [2.45, 2.75) is 18.4 Å². The molecule has 0 fully saturated rings. The van der Waals surface area contributed by atoms with Crippen molar-refractivity contribution in [3.63, 3.8) is 0 Å². The first kappa shape index (κ1) is 13.5. The van der Waals surface area contributed by atoms with Crippen LogP contribution in [-0.4, -0.2) is 0 Å². The van der Waals surface area contributed by atoms with Gasteiger partial charge in [0.05, 0.1) is 12.3 Å². The van der Waals surface area contributed by atoms with Crippen molar-refractivity contribution in [2.24, 2.45) is 0 Å².